The third-order valence-electron chi connectivity index (χ3n) is 3.11. The average molecular weight is 295 g/mol. The van der Waals surface area contributed by atoms with Crippen molar-refractivity contribution in [3.8, 4) is 0 Å². The Morgan fingerprint density at radius 3 is 2.85 bits per heavy atom. The molecule has 0 saturated carbocycles. The molecule has 0 spiro atoms. The first-order valence-corrected chi connectivity index (χ1v) is 7.95. The van der Waals surface area contributed by atoms with Crippen molar-refractivity contribution in [1.82, 2.24) is 5.32 Å². The summed E-state index contributed by atoms with van der Waals surface area (Å²) in [7, 11) is 0. The first-order chi connectivity index (χ1) is 9.63. The molecule has 1 N–H and O–H groups in total. The molecule has 0 bridgehead atoms. The van der Waals surface area contributed by atoms with Crippen LogP contribution in [0.5, 0.6) is 0 Å². The van der Waals surface area contributed by atoms with Crippen LogP contribution < -0.4 is 5.32 Å². The number of hydrogen-bond donors (Lipinski definition) is 1. The maximum absolute atomic E-state index is 14.1. The molecule has 1 aromatic carbocycles. The van der Waals surface area contributed by atoms with Gasteiger partial charge in [-0.15, -0.1) is 11.3 Å². The zero-order valence-electron chi connectivity index (χ0n) is 12.3. The summed E-state index contributed by atoms with van der Waals surface area (Å²) >= 11 is 1.66. The summed E-state index contributed by atoms with van der Waals surface area (Å²) in [4.78, 5) is 1.18. The number of hydrogen-bond acceptors (Lipinski definition) is 3. The molecule has 0 aliphatic rings. The molecule has 0 atom stereocenters. The van der Waals surface area contributed by atoms with Crippen molar-refractivity contribution in [3.05, 3.63) is 34.5 Å². The van der Waals surface area contributed by atoms with Gasteiger partial charge in [0.05, 0.1) is 6.61 Å². The number of nitrogens with one attached hydrogen (secondary N) is 1. The molecule has 1 aromatic heterocycles. The van der Waals surface area contributed by atoms with Gasteiger partial charge in [0.1, 0.15) is 5.82 Å². The Labute approximate surface area is 124 Å². The lowest BCUT2D eigenvalue weighted by atomic mass is 10.1. The van der Waals surface area contributed by atoms with E-state index in [0.717, 1.165) is 28.6 Å². The second-order valence-electron chi connectivity index (χ2n) is 5.20. The van der Waals surface area contributed by atoms with Gasteiger partial charge in [0.15, 0.2) is 0 Å². The first kappa shape index (κ1) is 15.4. The summed E-state index contributed by atoms with van der Waals surface area (Å²) in [5.41, 5.74) is 1.00. The van der Waals surface area contributed by atoms with E-state index in [4.69, 9.17) is 4.74 Å². The minimum atomic E-state index is -0.148. The highest BCUT2D eigenvalue weighted by atomic mass is 32.1. The van der Waals surface area contributed by atoms with Crippen LogP contribution in [0.15, 0.2) is 18.2 Å². The molecule has 0 aliphatic heterocycles. The largest absolute Gasteiger partial charge is 0.377 e. The molecule has 0 radical (unpaired) electrons. The van der Waals surface area contributed by atoms with Gasteiger partial charge in [-0.3, -0.25) is 0 Å². The van der Waals surface area contributed by atoms with E-state index in [1.165, 1.54) is 10.9 Å². The molecule has 0 aliphatic carbocycles. The normalized spacial score (nSPS) is 11.7. The highest BCUT2D eigenvalue weighted by molar-refractivity contribution is 7.19. The lowest BCUT2D eigenvalue weighted by molar-refractivity contribution is 0.122. The number of rotatable bonds is 7. The van der Waals surface area contributed by atoms with Crippen molar-refractivity contribution < 1.29 is 9.13 Å². The summed E-state index contributed by atoms with van der Waals surface area (Å²) < 4.78 is 20.7. The van der Waals surface area contributed by atoms with Crippen LogP contribution in [0.2, 0.25) is 0 Å². The Hall–Kier alpha value is -0.970. The third-order valence-corrected chi connectivity index (χ3v) is 4.31. The zero-order chi connectivity index (χ0) is 14.5. The second-order valence-corrected chi connectivity index (χ2v) is 6.34. The molecule has 0 unspecified atom stereocenters. The molecule has 0 fully saturated rings. The Morgan fingerprint density at radius 2 is 2.15 bits per heavy atom. The number of halogens is 1. The van der Waals surface area contributed by atoms with Crippen LogP contribution in [0.4, 0.5) is 4.39 Å². The van der Waals surface area contributed by atoms with E-state index >= 15 is 0 Å². The number of benzene rings is 1. The van der Waals surface area contributed by atoms with Crippen molar-refractivity contribution in [3.63, 3.8) is 0 Å². The van der Waals surface area contributed by atoms with Gasteiger partial charge in [0, 0.05) is 39.7 Å². The Morgan fingerprint density at radius 1 is 1.35 bits per heavy atom. The predicted molar refractivity (Wildman–Crippen MR) is 83.7 cm³/mol. The highest BCUT2D eigenvalue weighted by Gasteiger charge is 2.15. The van der Waals surface area contributed by atoms with E-state index in [9.17, 15) is 4.39 Å². The molecule has 0 amide bonds. The van der Waals surface area contributed by atoms with Gasteiger partial charge >= 0.3 is 0 Å². The molecule has 2 aromatic rings. The average Bonchev–Trinajstić information content (AvgIpc) is 2.76. The van der Waals surface area contributed by atoms with Crippen LogP contribution in [0.25, 0.3) is 10.1 Å². The topological polar surface area (TPSA) is 21.3 Å². The van der Waals surface area contributed by atoms with Crippen LogP contribution in [0.3, 0.4) is 0 Å². The third kappa shape index (κ3) is 3.57. The number of ether oxygens (including phenoxy) is 1. The molecule has 110 valence electrons. The van der Waals surface area contributed by atoms with Crippen molar-refractivity contribution >= 4 is 21.4 Å². The quantitative estimate of drug-likeness (QED) is 0.761. The second kappa shape index (κ2) is 7.16. The van der Waals surface area contributed by atoms with E-state index < -0.39 is 0 Å². The number of fused-ring (bicyclic) bond motifs is 1. The molecular formula is C16H22FNOS. The van der Waals surface area contributed by atoms with E-state index in [1.54, 1.807) is 17.4 Å². The van der Waals surface area contributed by atoms with E-state index in [2.05, 4.69) is 26.1 Å². The smallest absolute Gasteiger partial charge is 0.132 e. The fourth-order valence-electron chi connectivity index (χ4n) is 2.13. The fourth-order valence-corrected chi connectivity index (χ4v) is 3.30. The molecule has 0 saturated heterocycles. The molecular weight excluding hydrogens is 273 g/mol. The summed E-state index contributed by atoms with van der Waals surface area (Å²) in [6.07, 6.45) is 0.976. The minimum Gasteiger partial charge on any atom is -0.377 e. The van der Waals surface area contributed by atoms with Crippen molar-refractivity contribution in [1.29, 1.82) is 0 Å². The van der Waals surface area contributed by atoms with E-state index in [1.807, 2.05) is 6.07 Å². The van der Waals surface area contributed by atoms with Crippen molar-refractivity contribution in [2.75, 3.05) is 6.61 Å². The minimum absolute atomic E-state index is 0.148. The van der Waals surface area contributed by atoms with Crippen LogP contribution in [0, 0.1) is 5.82 Å². The van der Waals surface area contributed by atoms with Gasteiger partial charge in [-0.25, -0.2) is 4.39 Å². The predicted octanol–water partition coefficient (Wildman–Crippen LogP) is 4.47. The highest BCUT2D eigenvalue weighted by Crippen LogP contribution is 2.33. The van der Waals surface area contributed by atoms with Crippen LogP contribution in [-0.2, 0) is 17.9 Å². The van der Waals surface area contributed by atoms with Gasteiger partial charge in [-0.2, -0.15) is 0 Å². The summed E-state index contributed by atoms with van der Waals surface area (Å²) in [5.74, 6) is -0.148. The van der Waals surface area contributed by atoms with Gasteiger partial charge in [-0.05, 0) is 18.6 Å². The molecule has 20 heavy (non-hydrogen) atoms. The number of thiophene rings is 1. The van der Waals surface area contributed by atoms with Crippen LogP contribution >= 0.6 is 11.3 Å². The zero-order valence-corrected chi connectivity index (χ0v) is 13.1. The molecule has 2 rings (SSSR count). The Balaban J connectivity index is 2.33. The van der Waals surface area contributed by atoms with Crippen LogP contribution in [-0.4, -0.2) is 12.6 Å². The SMILES string of the molecule is CCCOCc1c(CNC(C)C)sc2cccc(F)c12. The Kier molecular flexibility index (Phi) is 5.52. The fraction of sp³-hybridized carbons (Fsp3) is 0.500. The van der Waals surface area contributed by atoms with E-state index in [0.29, 0.717) is 19.3 Å². The van der Waals surface area contributed by atoms with Gasteiger partial charge in [0.25, 0.3) is 0 Å². The molecule has 4 heteroatoms. The van der Waals surface area contributed by atoms with Gasteiger partial charge < -0.3 is 10.1 Å². The summed E-state index contributed by atoms with van der Waals surface area (Å²) in [6.45, 7) is 8.27. The van der Waals surface area contributed by atoms with E-state index in [-0.39, 0.29) is 5.82 Å². The standard InChI is InChI=1S/C16H22FNOS/c1-4-8-19-10-12-15(9-18-11(2)3)20-14-7-5-6-13(17)16(12)14/h5-7,11,18H,4,8-10H2,1-3H3. The maximum Gasteiger partial charge on any atom is 0.132 e. The monoisotopic (exact) mass is 295 g/mol. The Bertz CT molecular complexity index is 565. The molecule has 1 heterocycles. The lowest BCUT2D eigenvalue weighted by Crippen LogP contribution is -2.21. The first-order valence-electron chi connectivity index (χ1n) is 7.13. The maximum atomic E-state index is 14.1. The van der Waals surface area contributed by atoms with Gasteiger partial charge in [0.2, 0.25) is 0 Å². The van der Waals surface area contributed by atoms with Gasteiger partial charge in [-0.1, -0.05) is 26.8 Å². The van der Waals surface area contributed by atoms with Crippen LogP contribution in [0.1, 0.15) is 37.6 Å². The summed E-state index contributed by atoms with van der Waals surface area (Å²) in [5, 5.41) is 4.14. The van der Waals surface area contributed by atoms with Crippen molar-refractivity contribution in [2.45, 2.75) is 46.4 Å². The lowest BCUT2D eigenvalue weighted by Gasteiger charge is -2.09. The van der Waals surface area contributed by atoms with Crippen molar-refractivity contribution in [2.24, 2.45) is 0 Å². The molecule has 2 nitrogen and oxygen atoms in total. The summed E-state index contributed by atoms with van der Waals surface area (Å²) in [6, 6.07) is 5.68.